The Kier molecular flexibility index (Phi) is 5.77. The second kappa shape index (κ2) is 8.22. The summed E-state index contributed by atoms with van der Waals surface area (Å²) in [6, 6.07) is 3.54. The van der Waals surface area contributed by atoms with E-state index in [9.17, 15) is 13.6 Å². The zero-order valence-electron chi connectivity index (χ0n) is 14.5. The van der Waals surface area contributed by atoms with Gasteiger partial charge in [-0.15, -0.1) is 5.10 Å². The molecule has 1 aromatic carbocycles. The third kappa shape index (κ3) is 4.16. The molecule has 2 N–H and O–H groups in total. The maximum Gasteiger partial charge on any atom is 0.273 e. The lowest BCUT2D eigenvalue weighted by atomic mass is 10.1. The first-order valence-electron chi connectivity index (χ1n) is 8.55. The molecule has 0 spiro atoms. The van der Waals surface area contributed by atoms with Gasteiger partial charge < -0.3 is 15.4 Å². The molecule has 140 valence electrons. The standard InChI is InChI=1S/C17H21F2N5O2/c1-11-16(22-23-24(11)12-4-6-20-7-5-12)17(25)21-8-9-26-13-2-3-14(18)15(19)10-13/h2-3,10,12,20H,4-9H2,1H3,(H,21,25). The van der Waals surface area contributed by atoms with Gasteiger partial charge in [0.1, 0.15) is 12.4 Å². The third-order valence-corrected chi connectivity index (χ3v) is 4.34. The Hall–Kier alpha value is -2.55. The Morgan fingerprint density at radius 1 is 1.35 bits per heavy atom. The molecule has 0 bridgehead atoms. The topological polar surface area (TPSA) is 81.1 Å². The van der Waals surface area contributed by atoms with E-state index in [0.717, 1.165) is 43.8 Å². The van der Waals surface area contributed by atoms with E-state index in [-0.39, 0.29) is 36.5 Å². The summed E-state index contributed by atoms with van der Waals surface area (Å²) < 4.78 is 33.0. The summed E-state index contributed by atoms with van der Waals surface area (Å²) in [5.74, 6) is -2.04. The van der Waals surface area contributed by atoms with Gasteiger partial charge in [-0.2, -0.15) is 0 Å². The highest BCUT2D eigenvalue weighted by Crippen LogP contribution is 2.20. The minimum absolute atomic E-state index is 0.123. The summed E-state index contributed by atoms with van der Waals surface area (Å²) in [6.45, 7) is 4.00. The number of nitrogens with one attached hydrogen (secondary N) is 2. The Labute approximate surface area is 149 Å². The third-order valence-electron chi connectivity index (χ3n) is 4.34. The molecule has 0 unspecified atom stereocenters. The number of halogens is 2. The first kappa shape index (κ1) is 18.2. The Bertz CT molecular complexity index is 775. The van der Waals surface area contributed by atoms with Gasteiger partial charge in [0.2, 0.25) is 0 Å². The molecular formula is C17H21F2N5O2. The minimum atomic E-state index is -0.975. The van der Waals surface area contributed by atoms with Crippen LogP contribution in [-0.2, 0) is 0 Å². The number of carbonyl (C=O) groups excluding carboxylic acids is 1. The highest BCUT2D eigenvalue weighted by Gasteiger charge is 2.22. The van der Waals surface area contributed by atoms with Crippen molar-refractivity contribution in [1.29, 1.82) is 0 Å². The van der Waals surface area contributed by atoms with Crippen LogP contribution in [0.25, 0.3) is 0 Å². The van der Waals surface area contributed by atoms with Crippen LogP contribution in [0.15, 0.2) is 18.2 Å². The van der Waals surface area contributed by atoms with Gasteiger partial charge in [-0.1, -0.05) is 5.21 Å². The van der Waals surface area contributed by atoms with Gasteiger partial charge in [-0.25, -0.2) is 13.5 Å². The van der Waals surface area contributed by atoms with Crippen molar-refractivity contribution < 1.29 is 18.3 Å². The fourth-order valence-corrected chi connectivity index (χ4v) is 2.93. The predicted molar refractivity (Wildman–Crippen MR) is 90.1 cm³/mol. The van der Waals surface area contributed by atoms with Crippen LogP contribution in [0, 0.1) is 18.6 Å². The van der Waals surface area contributed by atoms with Crippen molar-refractivity contribution in [3.63, 3.8) is 0 Å². The van der Waals surface area contributed by atoms with E-state index >= 15 is 0 Å². The maximum atomic E-state index is 13.1. The van der Waals surface area contributed by atoms with Crippen LogP contribution in [0.3, 0.4) is 0 Å². The highest BCUT2D eigenvalue weighted by molar-refractivity contribution is 5.93. The van der Waals surface area contributed by atoms with Crippen molar-refractivity contribution >= 4 is 5.91 Å². The molecule has 1 fully saturated rings. The number of hydrogen-bond acceptors (Lipinski definition) is 5. The molecule has 1 aliphatic heterocycles. The summed E-state index contributed by atoms with van der Waals surface area (Å²) in [4.78, 5) is 12.3. The molecule has 0 radical (unpaired) electrons. The van der Waals surface area contributed by atoms with Crippen molar-refractivity contribution in [2.75, 3.05) is 26.2 Å². The van der Waals surface area contributed by atoms with E-state index in [2.05, 4.69) is 20.9 Å². The monoisotopic (exact) mass is 365 g/mol. The Morgan fingerprint density at radius 3 is 2.85 bits per heavy atom. The average molecular weight is 365 g/mol. The lowest BCUT2D eigenvalue weighted by molar-refractivity contribution is 0.0941. The van der Waals surface area contributed by atoms with Gasteiger partial charge >= 0.3 is 0 Å². The summed E-state index contributed by atoms with van der Waals surface area (Å²) >= 11 is 0. The van der Waals surface area contributed by atoms with Gasteiger partial charge in [-0.3, -0.25) is 4.79 Å². The molecular weight excluding hydrogens is 344 g/mol. The SMILES string of the molecule is Cc1c(C(=O)NCCOc2ccc(F)c(F)c2)nnn1C1CCNCC1. The fourth-order valence-electron chi connectivity index (χ4n) is 2.93. The largest absolute Gasteiger partial charge is 0.492 e. The minimum Gasteiger partial charge on any atom is -0.492 e. The summed E-state index contributed by atoms with van der Waals surface area (Å²) in [5.41, 5.74) is 1.02. The first-order valence-corrected chi connectivity index (χ1v) is 8.55. The van der Waals surface area contributed by atoms with Crippen molar-refractivity contribution in [1.82, 2.24) is 25.6 Å². The van der Waals surface area contributed by atoms with Crippen molar-refractivity contribution in [2.45, 2.75) is 25.8 Å². The molecule has 26 heavy (non-hydrogen) atoms. The van der Waals surface area contributed by atoms with Crippen molar-refractivity contribution in [3.8, 4) is 5.75 Å². The molecule has 9 heteroatoms. The molecule has 0 saturated carbocycles. The molecule has 7 nitrogen and oxygen atoms in total. The van der Waals surface area contributed by atoms with Gasteiger partial charge in [-0.05, 0) is 45.0 Å². The van der Waals surface area contributed by atoms with Gasteiger partial charge in [0.05, 0.1) is 18.3 Å². The van der Waals surface area contributed by atoms with Crippen LogP contribution in [0.4, 0.5) is 8.78 Å². The van der Waals surface area contributed by atoms with Crippen molar-refractivity contribution in [3.05, 3.63) is 41.2 Å². The number of piperidine rings is 1. The number of benzene rings is 1. The van der Waals surface area contributed by atoms with Crippen LogP contribution in [0.5, 0.6) is 5.75 Å². The highest BCUT2D eigenvalue weighted by atomic mass is 19.2. The predicted octanol–water partition coefficient (Wildman–Crippen LogP) is 1.60. The number of hydrogen-bond donors (Lipinski definition) is 2. The fraction of sp³-hybridized carbons (Fsp3) is 0.471. The molecule has 1 saturated heterocycles. The van der Waals surface area contributed by atoms with Crippen LogP contribution in [0.1, 0.15) is 35.1 Å². The van der Waals surface area contributed by atoms with E-state index in [1.54, 1.807) is 0 Å². The van der Waals surface area contributed by atoms with E-state index in [0.29, 0.717) is 0 Å². The van der Waals surface area contributed by atoms with E-state index in [4.69, 9.17) is 4.74 Å². The van der Waals surface area contributed by atoms with Gasteiger partial charge in [0.25, 0.3) is 5.91 Å². The smallest absolute Gasteiger partial charge is 0.273 e. The number of carbonyl (C=O) groups is 1. The average Bonchev–Trinajstić information content (AvgIpc) is 3.04. The van der Waals surface area contributed by atoms with E-state index < -0.39 is 11.6 Å². The normalized spacial score (nSPS) is 15.0. The van der Waals surface area contributed by atoms with Crippen LogP contribution in [-0.4, -0.2) is 47.1 Å². The van der Waals surface area contributed by atoms with Crippen LogP contribution >= 0.6 is 0 Å². The zero-order valence-corrected chi connectivity index (χ0v) is 14.5. The van der Waals surface area contributed by atoms with Gasteiger partial charge in [0.15, 0.2) is 17.3 Å². The number of ether oxygens (including phenoxy) is 1. The van der Waals surface area contributed by atoms with Crippen LogP contribution < -0.4 is 15.4 Å². The number of aromatic nitrogens is 3. The zero-order chi connectivity index (χ0) is 18.5. The molecule has 1 amide bonds. The number of nitrogens with zero attached hydrogens (tertiary/aromatic N) is 3. The molecule has 0 aliphatic carbocycles. The molecule has 2 aromatic rings. The molecule has 1 aromatic heterocycles. The Morgan fingerprint density at radius 2 is 2.12 bits per heavy atom. The molecule has 0 atom stereocenters. The van der Waals surface area contributed by atoms with E-state index in [1.807, 2.05) is 11.6 Å². The van der Waals surface area contributed by atoms with Crippen LogP contribution in [0.2, 0.25) is 0 Å². The summed E-state index contributed by atoms with van der Waals surface area (Å²) in [5, 5.41) is 14.1. The molecule has 2 heterocycles. The maximum absolute atomic E-state index is 13.1. The summed E-state index contributed by atoms with van der Waals surface area (Å²) in [7, 11) is 0. The quantitative estimate of drug-likeness (QED) is 0.760. The lowest BCUT2D eigenvalue weighted by Crippen LogP contribution is -2.31. The first-order chi connectivity index (χ1) is 12.6. The molecule has 1 aliphatic rings. The van der Waals surface area contributed by atoms with E-state index in [1.165, 1.54) is 6.07 Å². The Balaban J connectivity index is 1.50. The summed E-state index contributed by atoms with van der Waals surface area (Å²) in [6.07, 6.45) is 1.90. The molecule has 3 rings (SSSR count). The number of rotatable bonds is 6. The number of amides is 1. The lowest BCUT2D eigenvalue weighted by Gasteiger charge is -2.23. The van der Waals surface area contributed by atoms with Gasteiger partial charge in [0, 0.05) is 6.07 Å². The second-order valence-electron chi connectivity index (χ2n) is 6.13. The van der Waals surface area contributed by atoms with Crippen molar-refractivity contribution in [2.24, 2.45) is 0 Å². The second-order valence-corrected chi connectivity index (χ2v) is 6.13.